The lowest BCUT2D eigenvalue weighted by Gasteiger charge is -2.24. The van der Waals surface area contributed by atoms with E-state index in [4.69, 9.17) is 0 Å². The topological polar surface area (TPSA) is 52.7 Å². The summed E-state index contributed by atoms with van der Waals surface area (Å²) in [4.78, 5) is 28.7. The number of carbonyl (C=O) groups is 2. The van der Waals surface area contributed by atoms with Gasteiger partial charge in [-0.1, -0.05) is 42.5 Å². The molecular weight excluding hydrogens is 370 g/mol. The molecule has 0 saturated carbocycles. The Balaban J connectivity index is 1.61. The second kappa shape index (κ2) is 9.75. The predicted molar refractivity (Wildman–Crippen MR) is 114 cm³/mol. The minimum absolute atomic E-state index is 0.00934. The third-order valence-electron chi connectivity index (χ3n) is 4.69. The van der Waals surface area contributed by atoms with Crippen molar-refractivity contribution >= 4 is 23.6 Å². The Morgan fingerprint density at radius 1 is 1.14 bits per heavy atom. The van der Waals surface area contributed by atoms with E-state index < -0.39 is 0 Å². The molecule has 1 heterocycles. The Morgan fingerprint density at radius 2 is 1.86 bits per heavy atom. The molecule has 0 bridgehead atoms. The van der Waals surface area contributed by atoms with Gasteiger partial charge in [0.25, 0.3) is 5.91 Å². The number of benzene rings is 2. The number of thioether (sulfide) groups is 1. The number of amides is 2. The summed E-state index contributed by atoms with van der Waals surface area (Å²) in [5, 5.41) is 2.95. The molecule has 1 atom stereocenters. The Kier molecular flexibility index (Phi) is 7.12. The maximum atomic E-state index is 12.4. The van der Waals surface area contributed by atoms with Gasteiger partial charge in [0.05, 0.1) is 5.75 Å². The molecule has 1 fully saturated rings. The van der Waals surface area contributed by atoms with E-state index in [1.54, 1.807) is 11.8 Å². The van der Waals surface area contributed by atoms with Crippen molar-refractivity contribution in [3.8, 4) is 0 Å². The van der Waals surface area contributed by atoms with Crippen LogP contribution in [0.4, 0.5) is 0 Å². The van der Waals surface area contributed by atoms with Gasteiger partial charge >= 0.3 is 0 Å². The van der Waals surface area contributed by atoms with E-state index >= 15 is 0 Å². The summed E-state index contributed by atoms with van der Waals surface area (Å²) in [6, 6.07) is 17.7. The molecule has 1 aliphatic heterocycles. The molecule has 1 aliphatic rings. The molecule has 2 amide bonds. The Labute approximate surface area is 171 Å². The van der Waals surface area contributed by atoms with Crippen molar-refractivity contribution in [2.24, 2.45) is 0 Å². The molecule has 1 N–H and O–H groups in total. The molecule has 148 valence electrons. The first-order valence-electron chi connectivity index (χ1n) is 9.52. The molecule has 2 aromatic carbocycles. The molecule has 5 nitrogen and oxygen atoms in total. The average Bonchev–Trinajstić information content (AvgIpc) is 3.06. The van der Waals surface area contributed by atoms with Gasteiger partial charge in [-0.15, -0.1) is 11.8 Å². The third-order valence-corrected chi connectivity index (χ3v) is 5.95. The number of nitrogens with zero attached hydrogens (tertiary/aromatic N) is 2. The van der Waals surface area contributed by atoms with Crippen molar-refractivity contribution < 1.29 is 9.59 Å². The number of nitrogens with one attached hydrogen (secondary N) is 1. The highest BCUT2D eigenvalue weighted by Crippen LogP contribution is 2.39. The van der Waals surface area contributed by atoms with E-state index in [-0.39, 0.29) is 17.2 Å². The van der Waals surface area contributed by atoms with E-state index in [9.17, 15) is 9.59 Å². The Morgan fingerprint density at radius 3 is 2.54 bits per heavy atom. The van der Waals surface area contributed by atoms with Crippen molar-refractivity contribution in [3.63, 3.8) is 0 Å². The van der Waals surface area contributed by atoms with Gasteiger partial charge in [-0.05, 0) is 50.3 Å². The highest BCUT2D eigenvalue weighted by atomic mass is 32.2. The predicted octanol–water partition coefficient (Wildman–Crippen LogP) is 3.14. The normalized spacial score (nSPS) is 16.6. The lowest BCUT2D eigenvalue weighted by molar-refractivity contribution is -0.128. The smallest absolute Gasteiger partial charge is 0.251 e. The molecule has 0 radical (unpaired) electrons. The summed E-state index contributed by atoms with van der Waals surface area (Å²) in [6.07, 6.45) is 0.923. The number of hydrogen-bond donors (Lipinski definition) is 1. The molecular formula is C22H27N3O2S. The summed E-state index contributed by atoms with van der Waals surface area (Å²) in [5.74, 6) is 0.592. The van der Waals surface area contributed by atoms with Gasteiger partial charge in [0.1, 0.15) is 5.37 Å². The summed E-state index contributed by atoms with van der Waals surface area (Å²) in [5.41, 5.74) is 2.82. The van der Waals surface area contributed by atoms with Crippen LogP contribution in [-0.2, 0) is 11.3 Å². The van der Waals surface area contributed by atoms with E-state index in [1.807, 2.05) is 73.6 Å². The third kappa shape index (κ3) is 5.36. The molecule has 28 heavy (non-hydrogen) atoms. The van der Waals surface area contributed by atoms with Crippen molar-refractivity contribution in [2.75, 3.05) is 32.9 Å². The molecule has 0 spiro atoms. The fraction of sp³-hybridized carbons (Fsp3) is 0.364. The van der Waals surface area contributed by atoms with Crippen LogP contribution in [0.15, 0.2) is 54.6 Å². The fourth-order valence-electron chi connectivity index (χ4n) is 3.18. The molecule has 3 rings (SSSR count). The maximum Gasteiger partial charge on any atom is 0.251 e. The quantitative estimate of drug-likeness (QED) is 0.696. The maximum absolute atomic E-state index is 12.4. The molecule has 2 aromatic rings. The van der Waals surface area contributed by atoms with Gasteiger partial charge in [0, 0.05) is 18.7 Å². The average molecular weight is 398 g/mol. The van der Waals surface area contributed by atoms with Crippen LogP contribution in [0.2, 0.25) is 0 Å². The van der Waals surface area contributed by atoms with E-state index in [1.165, 1.54) is 0 Å². The number of carbonyl (C=O) groups excluding carboxylic acids is 2. The first-order chi connectivity index (χ1) is 13.5. The van der Waals surface area contributed by atoms with Crippen LogP contribution in [0.1, 0.15) is 33.3 Å². The van der Waals surface area contributed by atoms with Crippen LogP contribution < -0.4 is 5.32 Å². The van der Waals surface area contributed by atoms with E-state index in [0.29, 0.717) is 24.4 Å². The van der Waals surface area contributed by atoms with Crippen LogP contribution in [0, 0.1) is 0 Å². The molecule has 0 aromatic heterocycles. The summed E-state index contributed by atoms with van der Waals surface area (Å²) < 4.78 is 0. The highest BCUT2D eigenvalue weighted by Gasteiger charge is 2.32. The second-order valence-corrected chi connectivity index (χ2v) is 8.27. The van der Waals surface area contributed by atoms with Crippen molar-refractivity contribution in [3.05, 3.63) is 71.3 Å². The van der Waals surface area contributed by atoms with Crippen LogP contribution in [0.5, 0.6) is 0 Å². The molecule has 6 heteroatoms. The summed E-state index contributed by atoms with van der Waals surface area (Å²) in [6.45, 7) is 2.21. The zero-order valence-electron chi connectivity index (χ0n) is 16.4. The van der Waals surface area contributed by atoms with Crippen molar-refractivity contribution in [1.29, 1.82) is 0 Å². The van der Waals surface area contributed by atoms with Gasteiger partial charge in [-0.25, -0.2) is 0 Å². The van der Waals surface area contributed by atoms with Crippen molar-refractivity contribution in [1.82, 2.24) is 15.1 Å². The van der Waals surface area contributed by atoms with Gasteiger partial charge in [0.2, 0.25) is 5.91 Å². The van der Waals surface area contributed by atoms with Gasteiger partial charge in [-0.2, -0.15) is 0 Å². The van der Waals surface area contributed by atoms with Crippen LogP contribution in [0.25, 0.3) is 0 Å². The zero-order valence-corrected chi connectivity index (χ0v) is 17.2. The summed E-state index contributed by atoms with van der Waals surface area (Å²) in [7, 11) is 4.04. The zero-order chi connectivity index (χ0) is 19.9. The first-order valence-corrected chi connectivity index (χ1v) is 10.6. The minimum Gasteiger partial charge on any atom is -0.352 e. The molecule has 1 saturated heterocycles. The molecule has 0 aliphatic carbocycles. The van der Waals surface area contributed by atoms with E-state index in [0.717, 1.165) is 24.1 Å². The van der Waals surface area contributed by atoms with Gasteiger partial charge in [0.15, 0.2) is 0 Å². The lowest BCUT2D eigenvalue weighted by atomic mass is 10.1. The second-order valence-electron chi connectivity index (χ2n) is 7.21. The van der Waals surface area contributed by atoms with Crippen LogP contribution >= 0.6 is 11.8 Å². The van der Waals surface area contributed by atoms with Crippen molar-refractivity contribution in [2.45, 2.75) is 18.3 Å². The lowest BCUT2D eigenvalue weighted by Crippen LogP contribution is -2.28. The van der Waals surface area contributed by atoms with Gasteiger partial charge in [-0.3, -0.25) is 9.59 Å². The monoisotopic (exact) mass is 397 g/mol. The largest absolute Gasteiger partial charge is 0.352 e. The number of hydrogen-bond acceptors (Lipinski definition) is 4. The van der Waals surface area contributed by atoms with E-state index in [2.05, 4.69) is 10.2 Å². The van der Waals surface area contributed by atoms with Crippen LogP contribution in [0.3, 0.4) is 0 Å². The highest BCUT2D eigenvalue weighted by molar-refractivity contribution is 8.00. The summed E-state index contributed by atoms with van der Waals surface area (Å²) >= 11 is 1.64. The fourth-order valence-corrected chi connectivity index (χ4v) is 4.37. The van der Waals surface area contributed by atoms with Crippen LogP contribution in [-0.4, -0.2) is 54.6 Å². The Bertz CT molecular complexity index is 793. The first kappa shape index (κ1) is 20.4. The Hall–Kier alpha value is -2.31. The minimum atomic E-state index is -0.0541. The SMILES string of the molecule is CN(C)CCCNC(=O)c1ccc([C@@H]2SCC(=O)N2Cc2ccccc2)cc1. The standard InChI is InChI=1S/C22H27N3O2S/c1-24(2)14-6-13-23-21(27)18-9-11-19(12-10-18)22-25(20(26)16-28-22)15-17-7-4-3-5-8-17/h3-5,7-12,22H,6,13-16H2,1-2H3,(H,23,27)/t22-/m0/s1. The molecule has 0 unspecified atom stereocenters. The van der Waals surface area contributed by atoms with Gasteiger partial charge < -0.3 is 15.1 Å². The number of rotatable bonds is 8.